The molecule has 2 aliphatic rings. The Morgan fingerprint density at radius 1 is 1.47 bits per heavy atom. The number of carboxylic acid groups (broad SMARTS) is 1. The van der Waals surface area contributed by atoms with Crippen molar-refractivity contribution in [1.29, 1.82) is 0 Å². The van der Waals surface area contributed by atoms with Gasteiger partial charge in [0.2, 0.25) is 0 Å². The molecule has 0 radical (unpaired) electrons. The molecule has 2 N–H and O–H groups in total. The van der Waals surface area contributed by atoms with Gasteiger partial charge in [-0.2, -0.15) is 0 Å². The highest BCUT2D eigenvalue weighted by Gasteiger charge is 2.45. The van der Waals surface area contributed by atoms with Crippen LogP contribution in [0, 0.1) is 0 Å². The van der Waals surface area contributed by atoms with E-state index in [-0.39, 0.29) is 0 Å². The molecule has 0 aromatic rings. The molecule has 5 heteroatoms. The second-order valence-electron chi connectivity index (χ2n) is 5.04. The maximum Gasteiger partial charge on any atom is 0.323 e. The molecule has 0 amide bonds. The summed E-state index contributed by atoms with van der Waals surface area (Å²) in [4.78, 5) is 13.7. The molecule has 2 rings (SSSR count). The molecule has 17 heavy (non-hydrogen) atoms. The maximum absolute atomic E-state index is 11.3. The number of hydrogen-bond acceptors (Lipinski definition) is 4. The summed E-state index contributed by atoms with van der Waals surface area (Å²) in [5.41, 5.74) is -0.710. The average molecular weight is 242 g/mol. The van der Waals surface area contributed by atoms with Crippen molar-refractivity contribution in [3.8, 4) is 0 Å². The summed E-state index contributed by atoms with van der Waals surface area (Å²) in [6.07, 6.45) is 3.45. The van der Waals surface area contributed by atoms with E-state index in [2.05, 4.69) is 10.2 Å². The van der Waals surface area contributed by atoms with E-state index in [0.717, 1.165) is 45.6 Å². The van der Waals surface area contributed by atoms with Gasteiger partial charge in [0.25, 0.3) is 0 Å². The van der Waals surface area contributed by atoms with Crippen LogP contribution in [-0.4, -0.2) is 60.9 Å². The summed E-state index contributed by atoms with van der Waals surface area (Å²) < 4.78 is 5.44. The SMILES string of the molecule is CNC1(C(=O)O)CCC(N2CCCOCC2)C1. The second-order valence-corrected chi connectivity index (χ2v) is 5.04. The maximum atomic E-state index is 11.3. The standard InChI is InChI=1S/C12H22N2O3/c1-13-12(11(15)16)4-3-10(9-12)14-5-2-7-17-8-6-14/h10,13H,2-9H2,1H3,(H,15,16). The molecule has 1 saturated heterocycles. The van der Waals surface area contributed by atoms with E-state index in [1.807, 2.05) is 0 Å². The lowest BCUT2D eigenvalue weighted by atomic mass is 9.98. The van der Waals surface area contributed by atoms with Crippen molar-refractivity contribution in [2.24, 2.45) is 0 Å². The molecule has 1 aliphatic carbocycles. The Morgan fingerprint density at radius 3 is 2.94 bits per heavy atom. The van der Waals surface area contributed by atoms with Crippen LogP contribution in [-0.2, 0) is 9.53 Å². The second kappa shape index (κ2) is 5.33. The molecule has 1 saturated carbocycles. The van der Waals surface area contributed by atoms with Gasteiger partial charge in [-0.15, -0.1) is 0 Å². The predicted molar refractivity (Wildman–Crippen MR) is 64.1 cm³/mol. The summed E-state index contributed by atoms with van der Waals surface area (Å²) in [6, 6.07) is 0.389. The van der Waals surface area contributed by atoms with Crippen LogP contribution in [0.2, 0.25) is 0 Å². The lowest BCUT2D eigenvalue weighted by Gasteiger charge is -2.29. The van der Waals surface area contributed by atoms with E-state index in [9.17, 15) is 9.90 Å². The van der Waals surface area contributed by atoms with Crippen LogP contribution in [0.1, 0.15) is 25.7 Å². The van der Waals surface area contributed by atoms with Gasteiger partial charge in [0, 0.05) is 25.7 Å². The first-order valence-corrected chi connectivity index (χ1v) is 6.42. The summed E-state index contributed by atoms with van der Waals surface area (Å²) in [6.45, 7) is 3.57. The van der Waals surface area contributed by atoms with Crippen molar-refractivity contribution < 1.29 is 14.6 Å². The molecule has 2 fully saturated rings. The average Bonchev–Trinajstić information content (AvgIpc) is 2.59. The van der Waals surface area contributed by atoms with E-state index in [4.69, 9.17) is 4.74 Å². The number of nitrogens with one attached hydrogen (secondary N) is 1. The Bertz CT molecular complexity index is 277. The van der Waals surface area contributed by atoms with Crippen LogP contribution in [0.3, 0.4) is 0 Å². The Kier molecular flexibility index (Phi) is 4.01. The van der Waals surface area contributed by atoms with Gasteiger partial charge < -0.3 is 15.2 Å². The zero-order valence-electron chi connectivity index (χ0n) is 10.4. The van der Waals surface area contributed by atoms with Gasteiger partial charge in [-0.25, -0.2) is 0 Å². The lowest BCUT2D eigenvalue weighted by Crippen LogP contribution is -2.49. The Balaban J connectivity index is 1.98. The van der Waals surface area contributed by atoms with Gasteiger partial charge >= 0.3 is 5.97 Å². The van der Waals surface area contributed by atoms with Gasteiger partial charge in [0.15, 0.2) is 0 Å². The third-order valence-corrected chi connectivity index (χ3v) is 4.15. The van der Waals surface area contributed by atoms with E-state index >= 15 is 0 Å². The lowest BCUT2D eigenvalue weighted by molar-refractivity contribution is -0.144. The molecule has 2 unspecified atom stereocenters. The minimum absolute atomic E-state index is 0.389. The van der Waals surface area contributed by atoms with Crippen LogP contribution in [0.25, 0.3) is 0 Å². The predicted octanol–water partition coefficient (Wildman–Crippen LogP) is 0.304. The first kappa shape index (κ1) is 12.8. The third kappa shape index (κ3) is 2.61. The minimum atomic E-state index is -0.714. The first-order chi connectivity index (χ1) is 8.18. The number of rotatable bonds is 3. The van der Waals surface area contributed by atoms with Crippen LogP contribution in [0.15, 0.2) is 0 Å². The van der Waals surface area contributed by atoms with Gasteiger partial charge in [-0.05, 0) is 32.7 Å². The van der Waals surface area contributed by atoms with Crippen molar-refractivity contribution >= 4 is 5.97 Å². The smallest absolute Gasteiger partial charge is 0.323 e. The van der Waals surface area contributed by atoms with E-state index in [1.165, 1.54) is 0 Å². The van der Waals surface area contributed by atoms with Crippen LogP contribution in [0.5, 0.6) is 0 Å². The first-order valence-electron chi connectivity index (χ1n) is 6.42. The fraction of sp³-hybridized carbons (Fsp3) is 0.917. The Morgan fingerprint density at radius 2 is 2.29 bits per heavy atom. The minimum Gasteiger partial charge on any atom is -0.480 e. The number of aliphatic carboxylic acids is 1. The molecule has 5 nitrogen and oxygen atoms in total. The number of hydrogen-bond donors (Lipinski definition) is 2. The quantitative estimate of drug-likeness (QED) is 0.745. The van der Waals surface area contributed by atoms with Gasteiger partial charge in [0.1, 0.15) is 5.54 Å². The molecule has 1 heterocycles. The topological polar surface area (TPSA) is 61.8 Å². The zero-order valence-corrected chi connectivity index (χ0v) is 10.4. The van der Waals surface area contributed by atoms with Crippen molar-refractivity contribution in [3.05, 3.63) is 0 Å². The van der Waals surface area contributed by atoms with Crippen molar-refractivity contribution in [2.45, 2.75) is 37.3 Å². The molecular weight excluding hydrogens is 220 g/mol. The third-order valence-electron chi connectivity index (χ3n) is 4.15. The number of carbonyl (C=O) groups is 1. The monoisotopic (exact) mass is 242 g/mol. The molecule has 2 atom stereocenters. The Hall–Kier alpha value is -0.650. The van der Waals surface area contributed by atoms with E-state index < -0.39 is 11.5 Å². The fourth-order valence-corrected chi connectivity index (χ4v) is 2.99. The van der Waals surface area contributed by atoms with E-state index in [1.54, 1.807) is 7.05 Å². The number of ether oxygens (including phenoxy) is 1. The molecule has 0 spiro atoms. The highest BCUT2D eigenvalue weighted by atomic mass is 16.5. The summed E-state index contributed by atoms with van der Waals surface area (Å²) >= 11 is 0. The van der Waals surface area contributed by atoms with Gasteiger partial charge in [0.05, 0.1) is 6.61 Å². The molecule has 0 bridgehead atoms. The summed E-state index contributed by atoms with van der Waals surface area (Å²) in [5, 5.41) is 12.3. The molecular formula is C12H22N2O3. The summed E-state index contributed by atoms with van der Waals surface area (Å²) in [7, 11) is 1.75. The number of nitrogens with zero attached hydrogens (tertiary/aromatic N) is 1. The molecule has 1 aliphatic heterocycles. The van der Waals surface area contributed by atoms with Crippen molar-refractivity contribution in [1.82, 2.24) is 10.2 Å². The Labute approximate surface area is 102 Å². The van der Waals surface area contributed by atoms with Crippen molar-refractivity contribution in [2.75, 3.05) is 33.4 Å². The molecule has 98 valence electrons. The zero-order chi connectivity index (χ0) is 12.3. The van der Waals surface area contributed by atoms with Crippen LogP contribution < -0.4 is 5.32 Å². The van der Waals surface area contributed by atoms with Crippen LogP contribution >= 0.6 is 0 Å². The normalized spacial score (nSPS) is 35.7. The van der Waals surface area contributed by atoms with Crippen LogP contribution in [0.4, 0.5) is 0 Å². The number of carboxylic acids is 1. The molecule has 0 aromatic heterocycles. The van der Waals surface area contributed by atoms with Gasteiger partial charge in [-0.1, -0.05) is 0 Å². The highest BCUT2D eigenvalue weighted by molar-refractivity contribution is 5.79. The van der Waals surface area contributed by atoms with Gasteiger partial charge in [-0.3, -0.25) is 9.69 Å². The van der Waals surface area contributed by atoms with E-state index in [0.29, 0.717) is 12.5 Å². The highest BCUT2D eigenvalue weighted by Crippen LogP contribution is 2.33. The number of likely N-dealkylation sites (N-methyl/N-ethyl adjacent to an activating group) is 1. The van der Waals surface area contributed by atoms with Crippen molar-refractivity contribution in [3.63, 3.8) is 0 Å². The molecule has 0 aromatic carbocycles. The fourth-order valence-electron chi connectivity index (χ4n) is 2.99. The summed E-state index contributed by atoms with van der Waals surface area (Å²) in [5.74, 6) is -0.714. The largest absolute Gasteiger partial charge is 0.480 e.